The van der Waals surface area contributed by atoms with Crippen LogP contribution < -0.4 is 0 Å². The Hall–Kier alpha value is -2.16. The number of imidazole rings is 1. The van der Waals surface area contributed by atoms with Crippen molar-refractivity contribution in [3.63, 3.8) is 0 Å². The maximum absolute atomic E-state index is 9.85. The molecule has 25 heavy (non-hydrogen) atoms. The minimum atomic E-state index is -0.280. The summed E-state index contributed by atoms with van der Waals surface area (Å²) in [7, 11) is 2.03. The molecular formula is C20H27N5. The fourth-order valence-corrected chi connectivity index (χ4v) is 3.53. The Bertz CT molecular complexity index is 748. The van der Waals surface area contributed by atoms with Crippen LogP contribution in [0.1, 0.15) is 31.3 Å². The molecule has 0 bridgehead atoms. The Morgan fingerprint density at radius 2 is 1.64 bits per heavy atom. The van der Waals surface area contributed by atoms with E-state index in [-0.39, 0.29) is 6.04 Å². The standard InChI is InChI=1S/C20H27N5/c1-15(2)24-10-12-25(13-11-24)18(14-21)19-16(3)23(4)20(22-19)17-8-6-5-7-9-17/h5-9,15,18H,10-13H2,1-4H3. The number of aromatic nitrogens is 2. The van der Waals surface area contributed by atoms with Crippen molar-refractivity contribution in [1.29, 1.82) is 5.26 Å². The van der Waals surface area contributed by atoms with E-state index >= 15 is 0 Å². The summed E-state index contributed by atoms with van der Waals surface area (Å²) in [4.78, 5) is 9.60. The van der Waals surface area contributed by atoms with Crippen molar-refractivity contribution in [2.45, 2.75) is 32.9 Å². The molecule has 0 saturated carbocycles. The van der Waals surface area contributed by atoms with Crippen LogP contribution in [0.4, 0.5) is 0 Å². The molecule has 0 radical (unpaired) electrons. The van der Waals surface area contributed by atoms with E-state index in [0.29, 0.717) is 6.04 Å². The first kappa shape index (κ1) is 17.7. The van der Waals surface area contributed by atoms with E-state index in [0.717, 1.165) is 49.0 Å². The molecule has 5 nitrogen and oxygen atoms in total. The zero-order chi connectivity index (χ0) is 18.0. The van der Waals surface area contributed by atoms with E-state index in [1.54, 1.807) is 0 Å². The minimum Gasteiger partial charge on any atom is -0.331 e. The Balaban J connectivity index is 1.87. The van der Waals surface area contributed by atoms with Crippen molar-refractivity contribution in [2.24, 2.45) is 7.05 Å². The molecule has 5 heteroatoms. The van der Waals surface area contributed by atoms with Crippen molar-refractivity contribution in [1.82, 2.24) is 19.4 Å². The van der Waals surface area contributed by atoms with Crippen molar-refractivity contribution < 1.29 is 0 Å². The first-order valence-corrected chi connectivity index (χ1v) is 8.99. The van der Waals surface area contributed by atoms with Gasteiger partial charge in [0.1, 0.15) is 11.9 Å². The van der Waals surface area contributed by atoms with E-state index in [2.05, 4.69) is 53.3 Å². The summed E-state index contributed by atoms with van der Waals surface area (Å²) < 4.78 is 2.10. The highest BCUT2D eigenvalue weighted by atomic mass is 15.3. The molecule has 1 aromatic carbocycles. The summed E-state index contributed by atoms with van der Waals surface area (Å²) in [6, 6.07) is 12.9. The average molecular weight is 337 g/mol. The first-order chi connectivity index (χ1) is 12.0. The lowest BCUT2D eigenvalue weighted by Crippen LogP contribution is -2.49. The van der Waals surface area contributed by atoms with Crippen LogP contribution >= 0.6 is 0 Å². The molecule has 0 N–H and O–H groups in total. The third-order valence-electron chi connectivity index (χ3n) is 5.28. The molecule has 2 heterocycles. The number of nitrogens with zero attached hydrogens (tertiary/aromatic N) is 5. The van der Waals surface area contributed by atoms with E-state index in [1.807, 2.05) is 25.2 Å². The Morgan fingerprint density at radius 3 is 2.20 bits per heavy atom. The number of hydrogen-bond donors (Lipinski definition) is 0. The van der Waals surface area contributed by atoms with Crippen molar-refractivity contribution in [3.05, 3.63) is 41.7 Å². The van der Waals surface area contributed by atoms with Crippen LogP contribution in [0.3, 0.4) is 0 Å². The van der Waals surface area contributed by atoms with E-state index in [9.17, 15) is 5.26 Å². The molecule has 1 fully saturated rings. The van der Waals surface area contributed by atoms with Crippen LogP contribution in [-0.4, -0.2) is 51.6 Å². The van der Waals surface area contributed by atoms with E-state index in [4.69, 9.17) is 4.98 Å². The smallest absolute Gasteiger partial charge is 0.142 e. The Labute approximate surface area is 150 Å². The minimum absolute atomic E-state index is 0.280. The van der Waals surface area contributed by atoms with Gasteiger partial charge in [-0.3, -0.25) is 9.80 Å². The highest BCUT2D eigenvalue weighted by Crippen LogP contribution is 2.28. The second-order valence-corrected chi connectivity index (χ2v) is 7.03. The van der Waals surface area contributed by atoms with Crippen molar-refractivity contribution in [2.75, 3.05) is 26.2 Å². The molecular weight excluding hydrogens is 310 g/mol. The van der Waals surface area contributed by atoms with Gasteiger partial charge in [0.05, 0.1) is 11.8 Å². The van der Waals surface area contributed by atoms with E-state index in [1.165, 1.54) is 0 Å². The summed E-state index contributed by atoms with van der Waals surface area (Å²) in [6.45, 7) is 10.4. The molecule has 1 unspecified atom stereocenters. The van der Waals surface area contributed by atoms with Crippen LogP contribution in [0.15, 0.2) is 30.3 Å². The van der Waals surface area contributed by atoms with Crippen LogP contribution in [0, 0.1) is 18.3 Å². The SMILES string of the molecule is Cc1c(C(C#N)N2CCN(C(C)C)CC2)nc(-c2ccccc2)n1C. The monoisotopic (exact) mass is 337 g/mol. The van der Waals surface area contributed by atoms with Gasteiger partial charge >= 0.3 is 0 Å². The van der Waals surface area contributed by atoms with Gasteiger partial charge in [-0.2, -0.15) is 5.26 Å². The molecule has 2 aromatic rings. The molecule has 3 rings (SSSR count). The number of hydrogen-bond acceptors (Lipinski definition) is 4. The number of benzene rings is 1. The molecule has 1 saturated heterocycles. The second-order valence-electron chi connectivity index (χ2n) is 7.03. The lowest BCUT2D eigenvalue weighted by Gasteiger charge is -2.38. The largest absolute Gasteiger partial charge is 0.331 e. The zero-order valence-corrected chi connectivity index (χ0v) is 15.6. The summed E-state index contributed by atoms with van der Waals surface area (Å²) in [5.41, 5.74) is 3.04. The normalized spacial score (nSPS) is 17.6. The maximum atomic E-state index is 9.85. The van der Waals surface area contributed by atoms with Crippen LogP contribution in [0.2, 0.25) is 0 Å². The van der Waals surface area contributed by atoms with Gasteiger partial charge in [-0.15, -0.1) is 0 Å². The van der Waals surface area contributed by atoms with Crippen LogP contribution in [0.25, 0.3) is 11.4 Å². The van der Waals surface area contributed by atoms with Crippen LogP contribution in [-0.2, 0) is 7.05 Å². The lowest BCUT2D eigenvalue weighted by atomic mass is 10.1. The molecule has 1 aliphatic heterocycles. The number of nitriles is 1. The van der Waals surface area contributed by atoms with Gasteiger partial charge in [-0.05, 0) is 20.8 Å². The first-order valence-electron chi connectivity index (χ1n) is 8.99. The lowest BCUT2D eigenvalue weighted by molar-refractivity contribution is 0.0920. The molecule has 132 valence electrons. The maximum Gasteiger partial charge on any atom is 0.142 e. The van der Waals surface area contributed by atoms with Crippen LogP contribution in [0.5, 0.6) is 0 Å². The molecule has 0 spiro atoms. The Kier molecular flexibility index (Phi) is 5.22. The average Bonchev–Trinajstić information content (AvgIpc) is 2.93. The van der Waals surface area contributed by atoms with Crippen molar-refractivity contribution >= 4 is 0 Å². The molecule has 1 atom stereocenters. The third kappa shape index (κ3) is 3.46. The summed E-state index contributed by atoms with van der Waals surface area (Å²) in [6.07, 6.45) is 0. The van der Waals surface area contributed by atoms with E-state index < -0.39 is 0 Å². The summed E-state index contributed by atoms with van der Waals surface area (Å²) in [5, 5.41) is 9.85. The Morgan fingerprint density at radius 1 is 1.04 bits per heavy atom. The molecule has 1 aliphatic rings. The van der Waals surface area contributed by atoms with Gasteiger partial charge in [0.15, 0.2) is 0 Å². The predicted octanol–water partition coefficient (Wildman–Crippen LogP) is 2.99. The van der Waals surface area contributed by atoms with Gasteiger partial charge in [0, 0.05) is 50.5 Å². The van der Waals surface area contributed by atoms with Crippen molar-refractivity contribution in [3.8, 4) is 17.5 Å². The van der Waals surface area contributed by atoms with Gasteiger partial charge in [0.2, 0.25) is 0 Å². The highest BCUT2D eigenvalue weighted by molar-refractivity contribution is 5.57. The third-order valence-corrected chi connectivity index (χ3v) is 5.28. The summed E-state index contributed by atoms with van der Waals surface area (Å²) in [5.74, 6) is 0.925. The van der Waals surface area contributed by atoms with Gasteiger partial charge in [-0.25, -0.2) is 4.98 Å². The highest BCUT2D eigenvalue weighted by Gasteiger charge is 2.29. The number of piperazine rings is 1. The zero-order valence-electron chi connectivity index (χ0n) is 15.6. The second kappa shape index (κ2) is 7.38. The fourth-order valence-electron chi connectivity index (χ4n) is 3.53. The number of rotatable bonds is 4. The summed E-state index contributed by atoms with van der Waals surface area (Å²) >= 11 is 0. The molecule has 1 aromatic heterocycles. The predicted molar refractivity (Wildman–Crippen MR) is 100 cm³/mol. The van der Waals surface area contributed by atoms with Gasteiger partial charge in [0.25, 0.3) is 0 Å². The fraction of sp³-hybridized carbons (Fsp3) is 0.500. The molecule has 0 amide bonds. The quantitative estimate of drug-likeness (QED) is 0.860. The van der Waals surface area contributed by atoms with Gasteiger partial charge in [-0.1, -0.05) is 30.3 Å². The molecule has 0 aliphatic carbocycles. The topological polar surface area (TPSA) is 48.1 Å². The van der Waals surface area contributed by atoms with Gasteiger partial charge < -0.3 is 4.57 Å².